The van der Waals surface area contributed by atoms with Crippen LogP contribution in [0.4, 0.5) is 0 Å². The van der Waals surface area contributed by atoms with Crippen molar-refractivity contribution in [3.05, 3.63) is 0 Å². The largest absolute Gasteiger partial charge is 0.384 e. The summed E-state index contributed by atoms with van der Waals surface area (Å²) in [5.41, 5.74) is 6.03. The summed E-state index contributed by atoms with van der Waals surface area (Å²) in [5.74, 6) is 2.15. The molecule has 3 unspecified atom stereocenters. The third-order valence-electron chi connectivity index (χ3n) is 4.16. The molecule has 0 aromatic heterocycles. The molecule has 0 spiro atoms. The van der Waals surface area contributed by atoms with Crippen LogP contribution in [0.15, 0.2) is 0 Å². The van der Waals surface area contributed by atoms with Crippen LogP contribution in [0, 0.1) is 17.8 Å². The Labute approximate surface area is 113 Å². The zero-order chi connectivity index (χ0) is 13.5. The second-order valence-corrected chi connectivity index (χ2v) is 6.37. The first-order chi connectivity index (χ1) is 8.58. The van der Waals surface area contributed by atoms with Gasteiger partial charge >= 0.3 is 0 Å². The number of methoxy groups -OCH3 is 1. The van der Waals surface area contributed by atoms with Gasteiger partial charge in [0, 0.05) is 26.2 Å². The Kier molecular flexibility index (Phi) is 7.20. The van der Waals surface area contributed by atoms with E-state index in [-0.39, 0.29) is 0 Å². The molecule has 0 aromatic rings. The van der Waals surface area contributed by atoms with Crippen LogP contribution in [-0.2, 0) is 4.74 Å². The molecule has 0 radical (unpaired) electrons. The van der Waals surface area contributed by atoms with Crippen molar-refractivity contribution < 1.29 is 4.74 Å². The Balaban J connectivity index is 2.52. The minimum atomic E-state index is 0.548. The van der Waals surface area contributed by atoms with Crippen molar-refractivity contribution in [2.75, 3.05) is 33.4 Å². The van der Waals surface area contributed by atoms with Gasteiger partial charge in [0.15, 0.2) is 0 Å². The van der Waals surface area contributed by atoms with Crippen LogP contribution in [0.1, 0.15) is 40.0 Å². The lowest BCUT2D eigenvalue weighted by Crippen LogP contribution is -2.50. The number of ether oxygens (including phenoxy) is 1. The third kappa shape index (κ3) is 4.87. The van der Waals surface area contributed by atoms with Gasteiger partial charge in [-0.2, -0.15) is 0 Å². The Hall–Kier alpha value is -0.120. The highest BCUT2D eigenvalue weighted by Crippen LogP contribution is 2.24. The predicted molar refractivity (Wildman–Crippen MR) is 77.6 cm³/mol. The zero-order valence-electron chi connectivity index (χ0n) is 12.7. The number of piperidine rings is 1. The summed E-state index contributed by atoms with van der Waals surface area (Å²) in [6.07, 6.45) is 3.87. The van der Waals surface area contributed by atoms with Gasteiger partial charge in [-0.05, 0) is 43.6 Å². The van der Waals surface area contributed by atoms with Crippen molar-refractivity contribution in [2.24, 2.45) is 23.5 Å². The molecule has 0 aromatic carbocycles. The SMILES string of the molecule is COCC1CCCN(C(CN)C(C)CC(C)C)C1. The van der Waals surface area contributed by atoms with Crippen molar-refractivity contribution >= 4 is 0 Å². The topological polar surface area (TPSA) is 38.5 Å². The monoisotopic (exact) mass is 256 g/mol. The number of nitrogens with zero attached hydrogens (tertiary/aromatic N) is 1. The number of hydrogen-bond acceptors (Lipinski definition) is 3. The molecule has 3 heteroatoms. The van der Waals surface area contributed by atoms with E-state index < -0.39 is 0 Å². The number of nitrogens with two attached hydrogens (primary N) is 1. The van der Waals surface area contributed by atoms with Crippen LogP contribution in [0.5, 0.6) is 0 Å². The summed E-state index contributed by atoms with van der Waals surface area (Å²) in [4.78, 5) is 2.61. The van der Waals surface area contributed by atoms with E-state index in [1.54, 1.807) is 7.11 Å². The van der Waals surface area contributed by atoms with E-state index in [9.17, 15) is 0 Å². The molecule has 3 atom stereocenters. The van der Waals surface area contributed by atoms with E-state index in [0.29, 0.717) is 17.9 Å². The molecule has 0 aliphatic carbocycles. The van der Waals surface area contributed by atoms with Crippen molar-refractivity contribution in [3.63, 3.8) is 0 Å². The normalized spacial score (nSPS) is 25.3. The molecule has 0 amide bonds. The maximum Gasteiger partial charge on any atom is 0.0502 e. The zero-order valence-corrected chi connectivity index (χ0v) is 12.7. The molecule has 0 saturated carbocycles. The number of rotatable bonds is 7. The van der Waals surface area contributed by atoms with E-state index >= 15 is 0 Å². The van der Waals surface area contributed by atoms with E-state index in [2.05, 4.69) is 25.7 Å². The lowest BCUT2D eigenvalue weighted by molar-refractivity contribution is 0.0514. The van der Waals surface area contributed by atoms with Crippen LogP contribution in [0.25, 0.3) is 0 Å². The van der Waals surface area contributed by atoms with Crippen LogP contribution in [0.2, 0.25) is 0 Å². The lowest BCUT2D eigenvalue weighted by Gasteiger charge is -2.40. The molecule has 1 heterocycles. The highest BCUT2D eigenvalue weighted by atomic mass is 16.5. The van der Waals surface area contributed by atoms with Gasteiger partial charge in [0.05, 0.1) is 6.61 Å². The Morgan fingerprint density at radius 2 is 2.06 bits per heavy atom. The predicted octanol–water partition coefficient (Wildman–Crippen LogP) is 2.35. The first-order valence-electron chi connectivity index (χ1n) is 7.51. The molecule has 18 heavy (non-hydrogen) atoms. The van der Waals surface area contributed by atoms with Gasteiger partial charge in [0.1, 0.15) is 0 Å². The smallest absolute Gasteiger partial charge is 0.0502 e. The summed E-state index contributed by atoms with van der Waals surface area (Å²) < 4.78 is 5.31. The Morgan fingerprint density at radius 3 is 2.61 bits per heavy atom. The third-order valence-corrected chi connectivity index (χ3v) is 4.16. The molecule has 3 nitrogen and oxygen atoms in total. The summed E-state index contributed by atoms with van der Waals surface area (Å²) in [6.45, 7) is 11.0. The van der Waals surface area contributed by atoms with Crippen LogP contribution >= 0.6 is 0 Å². The van der Waals surface area contributed by atoms with Gasteiger partial charge < -0.3 is 10.5 Å². The number of likely N-dealkylation sites (tertiary alicyclic amines) is 1. The molecule has 1 aliphatic heterocycles. The molecule has 1 aliphatic rings. The molecular weight excluding hydrogens is 224 g/mol. The molecular formula is C15H32N2O. The molecule has 1 saturated heterocycles. The first kappa shape index (κ1) is 15.9. The minimum absolute atomic E-state index is 0.548. The molecule has 1 rings (SSSR count). The molecule has 2 N–H and O–H groups in total. The lowest BCUT2D eigenvalue weighted by atomic mass is 9.88. The Morgan fingerprint density at radius 1 is 1.33 bits per heavy atom. The van der Waals surface area contributed by atoms with Gasteiger partial charge in [0.2, 0.25) is 0 Å². The van der Waals surface area contributed by atoms with Crippen molar-refractivity contribution in [2.45, 2.75) is 46.1 Å². The maximum atomic E-state index is 6.03. The second kappa shape index (κ2) is 8.13. The van der Waals surface area contributed by atoms with Gasteiger partial charge in [-0.25, -0.2) is 0 Å². The standard InChI is InChI=1S/C15H32N2O/c1-12(2)8-13(3)15(9-16)17-7-5-6-14(10-17)11-18-4/h12-15H,5-11,16H2,1-4H3. The molecule has 0 bridgehead atoms. The fourth-order valence-corrected chi connectivity index (χ4v) is 3.41. The molecule has 108 valence electrons. The average Bonchev–Trinajstić information content (AvgIpc) is 2.30. The average molecular weight is 256 g/mol. The summed E-state index contributed by atoms with van der Waals surface area (Å²) >= 11 is 0. The van der Waals surface area contributed by atoms with E-state index in [1.165, 1.54) is 25.8 Å². The summed E-state index contributed by atoms with van der Waals surface area (Å²) in [7, 11) is 1.81. The maximum absolute atomic E-state index is 6.03. The second-order valence-electron chi connectivity index (χ2n) is 6.37. The van der Waals surface area contributed by atoms with Crippen molar-refractivity contribution in [3.8, 4) is 0 Å². The van der Waals surface area contributed by atoms with Crippen LogP contribution in [-0.4, -0.2) is 44.3 Å². The van der Waals surface area contributed by atoms with Crippen LogP contribution < -0.4 is 5.73 Å². The minimum Gasteiger partial charge on any atom is -0.384 e. The van der Waals surface area contributed by atoms with Gasteiger partial charge in [-0.15, -0.1) is 0 Å². The van der Waals surface area contributed by atoms with Crippen LogP contribution in [0.3, 0.4) is 0 Å². The fraction of sp³-hybridized carbons (Fsp3) is 1.00. The summed E-state index contributed by atoms with van der Waals surface area (Å²) in [5, 5.41) is 0. The fourth-order valence-electron chi connectivity index (χ4n) is 3.41. The highest BCUT2D eigenvalue weighted by Gasteiger charge is 2.28. The summed E-state index contributed by atoms with van der Waals surface area (Å²) in [6, 6.07) is 0.548. The highest BCUT2D eigenvalue weighted by molar-refractivity contribution is 4.83. The van der Waals surface area contributed by atoms with E-state index in [0.717, 1.165) is 25.6 Å². The Bertz CT molecular complexity index is 219. The van der Waals surface area contributed by atoms with Gasteiger partial charge in [-0.1, -0.05) is 20.8 Å². The van der Waals surface area contributed by atoms with E-state index in [4.69, 9.17) is 10.5 Å². The molecule has 1 fully saturated rings. The van der Waals surface area contributed by atoms with Gasteiger partial charge in [0.25, 0.3) is 0 Å². The van der Waals surface area contributed by atoms with E-state index in [1.807, 2.05) is 0 Å². The first-order valence-corrected chi connectivity index (χ1v) is 7.51. The van der Waals surface area contributed by atoms with Crippen molar-refractivity contribution in [1.29, 1.82) is 0 Å². The van der Waals surface area contributed by atoms with Gasteiger partial charge in [-0.3, -0.25) is 4.90 Å². The number of hydrogen-bond donors (Lipinski definition) is 1. The quantitative estimate of drug-likeness (QED) is 0.760. The van der Waals surface area contributed by atoms with Crippen molar-refractivity contribution in [1.82, 2.24) is 4.90 Å².